The Hall–Kier alpha value is -2.01. The molecule has 0 bridgehead atoms. The zero-order valence-corrected chi connectivity index (χ0v) is 16.1. The Morgan fingerprint density at radius 2 is 1.92 bits per heavy atom. The van der Waals surface area contributed by atoms with E-state index >= 15 is 0 Å². The third-order valence-corrected chi connectivity index (χ3v) is 4.53. The normalized spacial score (nSPS) is 18.2. The summed E-state index contributed by atoms with van der Waals surface area (Å²) in [7, 11) is 0. The van der Waals surface area contributed by atoms with Crippen LogP contribution >= 0.6 is 12.4 Å². The summed E-state index contributed by atoms with van der Waals surface area (Å²) in [6.45, 7) is 2.12. The first-order valence-electron chi connectivity index (χ1n) is 9.00. The topological polar surface area (TPSA) is 84.9 Å². The Morgan fingerprint density at radius 1 is 1.23 bits per heavy atom. The molecule has 1 aromatic carbocycles. The molecule has 1 aromatic rings. The standard InChI is InChI=1S/C20H28N2O3.ClH/c1-20(12-7-5-3-2-4-6-8-19(23)24)13-11-17-14-16(15-22-21)9-10-18(17)25-20;/h9-11,13-15H,2-8,12,21H2,1H3,(H,23,24);1H. The van der Waals surface area contributed by atoms with Gasteiger partial charge in [0.25, 0.3) is 0 Å². The number of benzene rings is 1. The van der Waals surface area contributed by atoms with Crippen LogP contribution in [-0.2, 0) is 4.79 Å². The minimum absolute atomic E-state index is 0. The van der Waals surface area contributed by atoms with Crippen molar-refractivity contribution in [1.29, 1.82) is 0 Å². The molecule has 0 amide bonds. The van der Waals surface area contributed by atoms with Crippen molar-refractivity contribution < 1.29 is 14.6 Å². The van der Waals surface area contributed by atoms with E-state index in [1.54, 1.807) is 6.21 Å². The fourth-order valence-electron chi connectivity index (χ4n) is 3.10. The number of carbonyl (C=O) groups is 1. The van der Waals surface area contributed by atoms with Gasteiger partial charge < -0.3 is 15.7 Å². The van der Waals surface area contributed by atoms with Gasteiger partial charge in [-0.15, -0.1) is 12.4 Å². The largest absolute Gasteiger partial charge is 0.483 e. The van der Waals surface area contributed by atoms with Crippen LogP contribution in [-0.4, -0.2) is 22.9 Å². The fraction of sp³-hybridized carbons (Fsp3) is 0.500. The Kier molecular flexibility index (Phi) is 9.21. The lowest BCUT2D eigenvalue weighted by atomic mass is 9.93. The molecule has 1 heterocycles. The number of nitrogens with zero attached hydrogens (tertiary/aromatic N) is 1. The number of halogens is 1. The Bertz CT molecular complexity index is 646. The van der Waals surface area contributed by atoms with Crippen molar-refractivity contribution in [3.8, 4) is 5.75 Å². The molecule has 0 fully saturated rings. The molecule has 2 rings (SSSR count). The number of carboxylic acid groups (broad SMARTS) is 1. The van der Waals surface area contributed by atoms with Crippen molar-refractivity contribution in [2.45, 2.75) is 63.9 Å². The molecule has 6 heteroatoms. The maximum Gasteiger partial charge on any atom is 0.303 e. The van der Waals surface area contributed by atoms with Crippen LogP contribution in [0, 0.1) is 0 Å². The van der Waals surface area contributed by atoms with Crippen LogP contribution in [0.4, 0.5) is 0 Å². The SMILES string of the molecule is CC1(CCCCCCCCC(=O)O)C=Cc2cc(C=NN)ccc2O1.Cl. The predicted octanol–water partition coefficient (Wildman–Crippen LogP) is 4.77. The minimum Gasteiger partial charge on any atom is -0.483 e. The zero-order valence-electron chi connectivity index (χ0n) is 15.3. The molecule has 144 valence electrons. The smallest absolute Gasteiger partial charge is 0.303 e. The van der Waals surface area contributed by atoms with E-state index in [9.17, 15) is 4.79 Å². The van der Waals surface area contributed by atoms with E-state index in [4.69, 9.17) is 15.7 Å². The van der Waals surface area contributed by atoms with Crippen molar-refractivity contribution in [2.24, 2.45) is 10.9 Å². The van der Waals surface area contributed by atoms with E-state index in [1.165, 1.54) is 0 Å². The van der Waals surface area contributed by atoms with Gasteiger partial charge in [-0.1, -0.05) is 31.8 Å². The van der Waals surface area contributed by atoms with Gasteiger partial charge in [0.15, 0.2) is 0 Å². The average molecular weight is 381 g/mol. The van der Waals surface area contributed by atoms with Gasteiger partial charge in [0.2, 0.25) is 0 Å². The average Bonchev–Trinajstić information content (AvgIpc) is 2.57. The second-order valence-electron chi connectivity index (χ2n) is 6.84. The molecule has 1 atom stereocenters. The Balaban J connectivity index is 0.00000338. The molecule has 1 aliphatic heterocycles. The number of unbranched alkanes of at least 4 members (excludes halogenated alkanes) is 5. The van der Waals surface area contributed by atoms with Gasteiger partial charge in [-0.05, 0) is 56.0 Å². The van der Waals surface area contributed by atoms with Gasteiger partial charge in [0.1, 0.15) is 11.4 Å². The molecule has 0 radical (unpaired) electrons. The highest BCUT2D eigenvalue weighted by Gasteiger charge is 2.26. The zero-order chi connectivity index (χ0) is 18.1. The van der Waals surface area contributed by atoms with E-state index in [2.05, 4.69) is 24.2 Å². The predicted molar refractivity (Wildman–Crippen MR) is 108 cm³/mol. The highest BCUT2D eigenvalue weighted by molar-refractivity contribution is 5.85. The Labute approximate surface area is 161 Å². The maximum absolute atomic E-state index is 10.5. The lowest BCUT2D eigenvalue weighted by molar-refractivity contribution is -0.137. The van der Waals surface area contributed by atoms with Crippen molar-refractivity contribution in [2.75, 3.05) is 0 Å². The number of hydrogen-bond acceptors (Lipinski definition) is 4. The van der Waals surface area contributed by atoms with Gasteiger partial charge in [-0.25, -0.2) is 0 Å². The van der Waals surface area contributed by atoms with Gasteiger partial charge in [-0.2, -0.15) is 5.10 Å². The lowest BCUT2D eigenvalue weighted by Gasteiger charge is -2.32. The maximum atomic E-state index is 10.5. The first-order valence-corrected chi connectivity index (χ1v) is 9.00. The minimum atomic E-state index is -0.697. The number of carboxylic acids is 1. The van der Waals surface area contributed by atoms with Gasteiger partial charge >= 0.3 is 5.97 Å². The molecular formula is C20H29ClN2O3. The molecule has 26 heavy (non-hydrogen) atoms. The van der Waals surface area contributed by atoms with Gasteiger partial charge in [0, 0.05) is 12.0 Å². The molecule has 0 spiro atoms. The highest BCUT2D eigenvalue weighted by atomic mass is 35.5. The molecule has 0 aromatic heterocycles. The lowest BCUT2D eigenvalue weighted by Crippen LogP contribution is -2.31. The highest BCUT2D eigenvalue weighted by Crippen LogP contribution is 2.34. The number of nitrogens with two attached hydrogens (primary N) is 1. The first-order chi connectivity index (χ1) is 12.0. The monoisotopic (exact) mass is 380 g/mol. The second kappa shape index (κ2) is 10.9. The van der Waals surface area contributed by atoms with E-state index in [1.807, 2.05) is 18.2 Å². The third-order valence-electron chi connectivity index (χ3n) is 4.53. The van der Waals surface area contributed by atoms with Crippen molar-refractivity contribution in [3.63, 3.8) is 0 Å². The number of hydrazone groups is 1. The molecule has 0 saturated heterocycles. The number of hydrogen-bond donors (Lipinski definition) is 2. The molecular weight excluding hydrogens is 352 g/mol. The van der Waals surface area contributed by atoms with Crippen LogP contribution in [0.1, 0.15) is 69.4 Å². The fourth-order valence-corrected chi connectivity index (χ4v) is 3.10. The molecule has 0 saturated carbocycles. The molecule has 1 unspecified atom stereocenters. The number of rotatable bonds is 10. The summed E-state index contributed by atoms with van der Waals surface area (Å²) in [5, 5.41) is 12.2. The third kappa shape index (κ3) is 7.08. The summed E-state index contributed by atoms with van der Waals surface area (Å²) in [6, 6.07) is 5.93. The van der Waals surface area contributed by atoms with E-state index in [0.717, 1.165) is 61.8 Å². The molecule has 3 N–H and O–H groups in total. The Morgan fingerprint density at radius 3 is 2.62 bits per heavy atom. The van der Waals surface area contributed by atoms with Gasteiger partial charge in [-0.3, -0.25) is 4.79 Å². The van der Waals surface area contributed by atoms with Crippen LogP contribution < -0.4 is 10.6 Å². The summed E-state index contributed by atoms with van der Waals surface area (Å²) >= 11 is 0. The van der Waals surface area contributed by atoms with Gasteiger partial charge in [0.05, 0.1) is 6.21 Å². The number of aliphatic carboxylic acids is 1. The summed E-state index contributed by atoms with van der Waals surface area (Å²) in [5.74, 6) is 5.39. The first kappa shape index (κ1) is 22.0. The second-order valence-corrected chi connectivity index (χ2v) is 6.84. The van der Waals surface area contributed by atoms with Crippen LogP contribution in [0.25, 0.3) is 6.08 Å². The summed E-state index contributed by atoms with van der Waals surface area (Å²) in [5.41, 5.74) is 1.74. The van der Waals surface area contributed by atoms with Crippen LogP contribution in [0.15, 0.2) is 29.4 Å². The van der Waals surface area contributed by atoms with Crippen molar-refractivity contribution in [3.05, 3.63) is 35.4 Å². The van der Waals surface area contributed by atoms with Crippen molar-refractivity contribution >= 4 is 30.7 Å². The van der Waals surface area contributed by atoms with Crippen LogP contribution in [0.5, 0.6) is 5.75 Å². The number of fused-ring (bicyclic) bond motifs is 1. The summed E-state index contributed by atoms with van der Waals surface area (Å²) in [6.07, 6.45) is 13.4. The molecule has 1 aliphatic rings. The van der Waals surface area contributed by atoms with Crippen LogP contribution in [0.3, 0.4) is 0 Å². The van der Waals surface area contributed by atoms with E-state index in [-0.39, 0.29) is 24.4 Å². The van der Waals surface area contributed by atoms with E-state index in [0.29, 0.717) is 0 Å². The molecule has 5 nitrogen and oxygen atoms in total. The van der Waals surface area contributed by atoms with E-state index < -0.39 is 5.97 Å². The molecule has 0 aliphatic carbocycles. The van der Waals surface area contributed by atoms with Crippen molar-refractivity contribution in [1.82, 2.24) is 0 Å². The number of ether oxygens (including phenoxy) is 1. The van der Waals surface area contributed by atoms with Crippen LogP contribution in [0.2, 0.25) is 0 Å². The quantitative estimate of drug-likeness (QED) is 0.265. The summed E-state index contributed by atoms with van der Waals surface area (Å²) in [4.78, 5) is 10.5. The summed E-state index contributed by atoms with van der Waals surface area (Å²) < 4.78 is 6.20.